The van der Waals surface area contributed by atoms with Crippen LogP contribution in [0.5, 0.6) is 0 Å². The minimum Gasteiger partial charge on any atom is -0.356 e. The van der Waals surface area contributed by atoms with E-state index in [0.29, 0.717) is 0 Å². The summed E-state index contributed by atoms with van der Waals surface area (Å²) in [5.74, 6) is 0.354. The van der Waals surface area contributed by atoms with Crippen molar-refractivity contribution in [3.05, 3.63) is 17.5 Å². The zero-order valence-electron chi connectivity index (χ0n) is 12.0. The van der Waals surface area contributed by atoms with Crippen LogP contribution in [0.15, 0.2) is 6.07 Å². The average Bonchev–Trinajstić information content (AvgIpc) is 2.65. The molecule has 0 radical (unpaired) electrons. The lowest BCUT2D eigenvalue weighted by atomic mass is 10.0. The van der Waals surface area contributed by atoms with Crippen LogP contribution in [0.3, 0.4) is 0 Å². The number of hydrogen-bond acceptors (Lipinski definition) is 2. The second kappa shape index (κ2) is 7.19. The van der Waals surface area contributed by atoms with Crippen LogP contribution in [0.4, 0.5) is 0 Å². The lowest BCUT2D eigenvalue weighted by Gasteiger charge is -2.12. The Labute approximate surface area is 110 Å². The number of nitrogens with zero attached hydrogens (tertiary/aromatic N) is 2. The minimum absolute atomic E-state index is 0.165. The van der Waals surface area contributed by atoms with E-state index in [4.69, 9.17) is 0 Å². The molecule has 1 amide bonds. The van der Waals surface area contributed by atoms with E-state index in [2.05, 4.69) is 37.3 Å². The lowest BCUT2D eigenvalue weighted by Crippen LogP contribution is -2.31. The normalized spacial score (nSPS) is 10.9. The van der Waals surface area contributed by atoms with Gasteiger partial charge in [-0.25, -0.2) is 0 Å². The van der Waals surface area contributed by atoms with Gasteiger partial charge in [-0.2, -0.15) is 5.10 Å². The molecule has 18 heavy (non-hydrogen) atoms. The van der Waals surface area contributed by atoms with Crippen LogP contribution in [0.2, 0.25) is 0 Å². The summed E-state index contributed by atoms with van der Waals surface area (Å²) < 4.78 is 2.00. The number of carbonyl (C=O) groups excluding carboxylic acids is 1. The summed E-state index contributed by atoms with van der Waals surface area (Å²) in [6.45, 7) is 9.77. The van der Waals surface area contributed by atoms with Gasteiger partial charge < -0.3 is 5.32 Å². The third kappa shape index (κ3) is 4.17. The quantitative estimate of drug-likeness (QED) is 0.757. The lowest BCUT2D eigenvalue weighted by molar-refractivity contribution is -0.125. The van der Waals surface area contributed by atoms with Gasteiger partial charge in [0.15, 0.2) is 0 Å². The first-order valence-corrected chi connectivity index (χ1v) is 6.87. The molecule has 0 saturated heterocycles. The molecule has 0 aromatic carbocycles. The molecule has 0 atom stereocenters. The van der Waals surface area contributed by atoms with Crippen molar-refractivity contribution >= 4 is 5.91 Å². The van der Waals surface area contributed by atoms with Gasteiger partial charge in [0.1, 0.15) is 0 Å². The Bertz CT molecular complexity index is 380. The molecule has 1 N–H and O–H groups in total. The minimum atomic E-state index is 0.165. The maximum Gasteiger partial charge on any atom is 0.223 e. The third-order valence-corrected chi connectivity index (χ3v) is 3.31. The molecular weight excluding hydrogens is 226 g/mol. The zero-order valence-corrected chi connectivity index (χ0v) is 12.0. The Morgan fingerprint density at radius 3 is 2.56 bits per heavy atom. The van der Waals surface area contributed by atoms with E-state index in [1.807, 2.05) is 11.6 Å². The van der Waals surface area contributed by atoms with Gasteiger partial charge in [0.25, 0.3) is 0 Å². The van der Waals surface area contributed by atoms with Gasteiger partial charge in [0, 0.05) is 24.7 Å². The van der Waals surface area contributed by atoms with E-state index in [-0.39, 0.29) is 11.8 Å². The second-order valence-corrected chi connectivity index (χ2v) is 4.81. The molecule has 0 fully saturated rings. The summed E-state index contributed by atoms with van der Waals surface area (Å²) in [7, 11) is 0. The van der Waals surface area contributed by atoms with E-state index in [1.165, 1.54) is 5.69 Å². The van der Waals surface area contributed by atoms with Crippen molar-refractivity contribution in [1.29, 1.82) is 0 Å². The number of nitrogens with one attached hydrogen (secondary N) is 1. The van der Waals surface area contributed by atoms with Crippen molar-refractivity contribution < 1.29 is 4.79 Å². The van der Waals surface area contributed by atoms with E-state index >= 15 is 0 Å². The van der Waals surface area contributed by atoms with Gasteiger partial charge >= 0.3 is 0 Å². The highest BCUT2D eigenvalue weighted by Crippen LogP contribution is 2.07. The molecule has 0 saturated carbocycles. The Kier molecular flexibility index (Phi) is 5.89. The molecule has 1 aromatic rings. The number of amides is 1. The SMILES string of the molecule is CCC(CC)C(=O)NCCCn1nc(C)cc1C. The fourth-order valence-corrected chi connectivity index (χ4v) is 2.15. The van der Waals surface area contributed by atoms with E-state index in [9.17, 15) is 4.79 Å². The number of aromatic nitrogens is 2. The molecule has 1 rings (SSSR count). The van der Waals surface area contributed by atoms with E-state index in [0.717, 1.165) is 38.0 Å². The van der Waals surface area contributed by atoms with Crippen LogP contribution >= 0.6 is 0 Å². The predicted octanol–water partition coefficient (Wildman–Crippen LogP) is 2.44. The predicted molar refractivity (Wildman–Crippen MR) is 73.4 cm³/mol. The van der Waals surface area contributed by atoms with Gasteiger partial charge in [-0.1, -0.05) is 13.8 Å². The Hall–Kier alpha value is -1.32. The van der Waals surface area contributed by atoms with Gasteiger partial charge in [-0.15, -0.1) is 0 Å². The van der Waals surface area contributed by atoms with Crippen molar-refractivity contribution in [2.24, 2.45) is 5.92 Å². The maximum atomic E-state index is 11.8. The first-order valence-electron chi connectivity index (χ1n) is 6.87. The molecule has 0 aliphatic rings. The summed E-state index contributed by atoms with van der Waals surface area (Å²) in [6.07, 6.45) is 2.76. The van der Waals surface area contributed by atoms with Gasteiger partial charge in [0.05, 0.1) is 5.69 Å². The molecule has 4 heteroatoms. The van der Waals surface area contributed by atoms with Gasteiger partial charge in [-0.05, 0) is 39.2 Å². The number of hydrogen-bond donors (Lipinski definition) is 1. The number of aryl methyl sites for hydroxylation is 3. The Balaban J connectivity index is 2.26. The molecule has 0 aliphatic carbocycles. The summed E-state index contributed by atoms with van der Waals surface area (Å²) in [5.41, 5.74) is 2.23. The standard InChI is InChI=1S/C14H25N3O/c1-5-13(6-2)14(18)15-8-7-9-17-12(4)10-11(3)16-17/h10,13H,5-9H2,1-4H3,(H,15,18). The van der Waals surface area contributed by atoms with Crippen molar-refractivity contribution in [3.63, 3.8) is 0 Å². The molecule has 1 heterocycles. The molecular formula is C14H25N3O. The number of rotatable bonds is 7. The molecule has 0 unspecified atom stereocenters. The van der Waals surface area contributed by atoms with E-state index in [1.54, 1.807) is 0 Å². The first-order chi connectivity index (χ1) is 8.58. The van der Waals surface area contributed by atoms with Crippen LogP contribution < -0.4 is 5.32 Å². The first kappa shape index (κ1) is 14.7. The molecule has 0 aliphatic heterocycles. The molecule has 0 bridgehead atoms. The van der Waals surface area contributed by atoms with Crippen LogP contribution in [0, 0.1) is 19.8 Å². The fraction of sp³-hybridized carbons (Fsp3) is 0.714. The highest BCUT2D eigenvalue weighted by atomic mass is 16.1. The van der Waals surface area contributed by atoms with Crippen molar-refractivity contribution in [1.82, 2.24) is 15.1 Å². The average molecular weight is 251 g/mol. The summed E-state index contributed by atoms with van der Waals surface area (Å²) in [6, 6.07) is 2.07. The van der Waals surface area contributed by atoms with Crippen molar-refractivity contribution in [3.8, 4) is 0 Å². The summed E-state index contributed by atoms with van der Waals surface area (Å²) in [4.78, 5) is 11.8. The van der Waals surface area contributed by atoms with Crippen molar-refractivity contribution in [2.75, 3.05) is 6.54 Å². The highest BCUT2D eigenvalue weighted by molar-refractivity contribution is 5.78. The topological polar surface area (TPSA) is 46.9 Å². The fourth-order valence-electron chi connectivity index (χ4n) is 2.15. The summed E-state index contributed by atoms with van der Waals surface area (Å²) in [5, 5.41) is 7.40. The van der Waals surface area contributed by atoms with Crippen LogP contribution in [0.1, 0.15) is 44.5 Å². The molecule has 1 aromatic heterocycles. The van der Waals surface area contributed by atoms with E-state index < -0.39 is 0 Å². The van der Waals surface area contributed by atoms with Crippen LogP contribution in [0.25, 0.3) is 0 Å². The number of carbonyl (C=O) groups is 1. The molecule has 102 valence electrons. The maximum absolute atomic E-state index is 11.8. The largest absolute Gasteiger partial charge is 0.356 e. The molecule has 4 nitrogen and oxygen atoms in total. The monoisotopic (exact) mass is 251 g/mol. The second-order valence-electron chi connectivity index (χ2n) is 4.81. The van der Waals surface area contributed by atoms with Gasteiger partial charge in [0.2, 0.25) is 5.91 Å². The van der Waals surface area contributed by atoms with Crippen molar-refractivity contribution in [2.45, 2.75) is 53.5 Å². The van der Waals surface area contributed by atoms with Crippen LogP contribution in [-0.2, 0) is 11.3 Å². The highest BCUT2D eigenvalue weighted by Gasteiger charge is 2.12. The smallest absolute Gasteiger partial charge is 0.223 e. The summed E-state index contributed by atoms with van der Waals surface area (Å²) >= 11 is 0. The zero-order chi connectivity index (χ0) is 13.5. The molecule has 0 spiro atoms. The van der Waals surface area contributed by atoms with Crippen LogP contribution in [-0.4, -0.2) is 22.2 Å². The Morgan fingerprint density at radius 2 is 2.06 bits per heavy atom. The van der Waals surface area contributed by atoms with Gasteiger partial charge in [-0.3, -0.25) is 9.48 Å². The Morgan fingerprint density at radius 1 is 1.39 bits per heavy atom. The third-order valence-electron chi connectivity index (χ3n) is 3.31.